The average Bonchev–Trinajstić information content (AvgIpc) is 3.00. The molecule has 2 aromatic rings. The predicted octanol–water partition coefficient (Wildman–Crippen LogP) is 0.747. The van der Waals surface area contributed by atoms with Crippen LogP contribution < -0.4 is 15.4 Å². The molecule has 1 aromatic carbocycles. The molecule has 0 unspecified atom stereocenters. The Hall–Kier alpha value is -2.83. The van der Waals surface area contributed by atoms with Crippen LogP contribution in [0.15, 0.2) is 36.4 Å². The van der Waals surface area contributed by atoms with Crippen LogP contribution in [0.1, 0.15) is 16.9 Å². The summed E-state index contributed by atoms with van der Waals surface area (Å²) in [5.41, 5.74) is 1.10. The number of benzene rings is 1. The van der Waals surface area contributed by atoms with Crippen LogP contribution in [0.25, 0.3) is 5.69 Å². The van der Waals surface area contributed by atoms with Crippen LogP contribution in [-0.2, 0) is 4.79 Å². The molecule has 7 nitrogen and oxygen atoms in total. The minimum Gasteiger partial charge on any atom is -0.480 e. The molecular weight excluding hydrogens is 284 g/mol. The second kappa shape index (κ2) is 7.26. The van der Waals surface area contributed by atoms with Crippen LogP contribution in [-0.4, -0.2) is 42.3 Å². The SMILES string of the molecule is CNC(=O)CCNC(=O)c1cc(OC)nn1-c1ccccc1. The molecule has 0 aliphatic rings. The van der Waals surface area contributed by atoms with Crippen molar-refractivity contribution in [1.29, 1.82) is 0 Å². The molecule has 7 heteroatoms. The summed E-state index contributed by atoms with van der Waals surface area (Å²) in [6.07, 6.45) is 0.221. The monoisotopic (exact) mass is 302 g/mol. The zero-order chi connectivity index (χ0) is 15.9. The van der Waals surface area contributed by atoms with Gasteiger partial charge in [0.05, 0.1) is 12.8 Å². The largest absolute Gasteiger partial charge is 0.480 e. The lowest BCUT2D eigenvalue weighted by atomic mass is 10.3. The van der Waals surface area contributed by atoms with Gasteiger partial charge in [0.25, 0.3) is 5.91 Å². The third kappa shape index (κ3) is 3.63. The van der Waals surface area contributed by atoms with E-state index in [1.807, 2.05) is 30.3 Å². The van der Waals surface area contributed by atoms with Gasteiger partial charge in [0.2, 0.25) is 11.8 Å². The fourth-order valence-electron chi connectivity index (χ4n) is 1.89. The number of nitrogens with one attached hydrogen (secondary N) is 2. The van der Waals surface area contributed by atoms with Crippen LogP contribution in [0.5, 0.6) is 5.88 Å². The number of hydrogen-bond donors (Lipinski definition) is 2. The van der Waals surface area contributed by atoms with Crippen molar-refractivity contribution in [2.45, 2.75) is 6.42 Å². The Morgan fingerprint density at radius 1 is 1.27 bits per heavy atom. The molecule has 116 valence electrons. The van der Waals surface area contributed by atoms with Gasteiger partial charge < -0.3 is 15.4 Å². The van der Waals surface area contributed by atoms with Crippen molar-refractivity contribution < 1.29 is 14.3 Å². The fourth-order valence-corrected chi connectivity index (χ4v) is 1.89. The standard InChI is InChI=1S/C15H18N4O3/c1-16-13(20)8-9-17-15(21)12-10-14(22-2)18-19(12)11-6-4-3-5-7-11/h3-7,10H,8-9H2,1-2H3,(H,16,20)(H,17,21). The Balaban J connectivity index is 2.17. The molecule has 0 fully saturated rings. The van der Waals surface area contributed by atoms with Crippen LogP contribution in [0, 0.1) is 0 Å². The summed E-state index contributed by atoms with van der Waals surface area (Å²) in [6.45, 7) is 0.251. The normalized spacial score (nSPS) is 10.1. The Kier molecular flexibility index (Phi) is 5.13. The minimum atomic E-state index is -0.316. The Morgan fingerprint density at radius 3 is 2.64 bits per heavy atom. The highest BCUT2D eigenvalue weighted by Crippen LogP contribution is 2.16. The molecule has 22 heavy (non-hydrogen) atoms. The second-order valence-corrected chi connectivity index (χ2v) is 4.50. The molecular formula is C15H18N4O3. The molecule has 0 spiro atoms. The molecule has 0 aliphatic carbocycles. The van der Waals surface area contributed by atoms with E-state index in [1.54, 1.807) is 13.1 Å². The number of hydrogen-bond acceptors (Lipinski definition) is 4. The molecule has 2 rings (SSSR count). The molecule has 0 saturated carbocycles. The smallest absolute Gasteiger partial charge is 0.270 e. The van der Waals surface area contributed by atoms with Crippen LogP contribution >= 0.6 is 0 Å². The summed E-state index contributed by atoms with van der Waals surface area (Å²) in [7, 11) is 3.05. The van der Waals surface area contributed by atoms with Crippen molar-refractivity contribution in [2.75, 3.05) is 20.7 Å². The van der Waals surface area contributed by atoms with Gasteiger partial charge in [0.1, 0.15) is 5.69 Å². The summed E-state index contributed by atoms with van der Waals surface area (Å²) in [5.74, 6) is -0.0988. The van der Waals surface area contributed by atoms with E-state index in [0.717, 1.165) is 5.69 Å². The Labute approximate surface area is 128 Å². The first-order valence-corrected chi connectivity index (χ1v) is 6.84. The van der Waals surface area contributed by atoms with Crippen molar-refractivity contribution >= 4 is 11.8 Å². The van der Waals surface area contributed by atoms with Crippen LogP contribution in [0.2, 0.25) is 0 Å². The highest BCUT2D eigenvalue weighted by atomic mass is 16.5. The molecule has 2 N–H and O–H groups in total. The van der Waals surface area contributed by atoms with E-state index >= 15 is 0 Å². The molecule has 0 aliphatic heterocycles. The number of para-hydroxylation sites is 1. The van der Waals surface area contributed by atoms with Crippen molar-refractivity contribution in [3.05, 3.63) is 42.1 Å². The van der Waals surface area contributed by atoms with E-state index < -0.39 is 0 Å². The van der Waals surface area contributed by atoms with Crippen molar-refractivity contribution in [3.8, 4) is 11.6 Å². The summed E-state index contributed by atoms with van der Waals surface area (Å²) in [4.78, 5) is 23.4. The Bertz CT molecular complexity index is 652. The number of aromatic nitrogens is 2. The van der Waals surface area contributed by atoms with Gasteiger partial charge in [0.15, 0.2) is 0 Å². The fraction of sp³-hybridized carbons (Fsp3) is 0.267. The number of amides is 2. The van der Waals surface area contributed by atoms with E-state index in [4.69, 9.17) is 4.74 Å². The molecule has 0 atom stereocenters. The van der Waals surface area contributed by atoms with Crippen LogP contribution in [0.4, 0.5) is 0 Å². The highest BCUT2D eigenvalue weighted by molar-refractivity contribution is 5.93. The molecule has 2 amide bonds. The zero-order valence-corrected chi connectivity index (χ0v) is 12.5. The van der Waals surface area contributed by atoms with E-state index in [9.17, 15) is 9.59 Å². The zero-order valence-electron chi connectivity index (χ0n) is 12.5. The second-order valence-electron chi connectivity index (χ2n) is 4.50. The van der Waals surface area contributed by atoms with Gasteiger partial charge in [-0.1, -0.05) is 18.2 Å². The summed E-state index contributed by atoms with van der Waals surface area (Å²) < 4.78 is 6.60. The van der Waals surface area contributed by atoms with Gasteiger partial charge in [0, 0.05) is 26.1 Å². The first-order valence-electron chi connectivity index (χ1n) is 6.84. The number of methoxy groups -OCH3 is 1. The highest BCUT2D eigenvalue weighted by Gasteiger charge is 2.17. The van der Waals surface area contributed by atoms with E-state index in [0.29, 0.717) is 11.6 Å². The maximum atomic E-state index is 12.3. The summed E-state index contributed by atoms with van der Waals surface area (Å²) in [6, 6.07) is 10.8. The lowest BCUT2D eigenvalue weighted by molar-refractivity contribution is -0.120. The number of ether oxygens (including phenoxy) is 1. The minimum absolute atomic E-state index is 0.130. The lowest BCUT2D eigenvalue weighted by Crippen LogP contribution is -2.30. The summed E-state index contributed by atoms with van der Waals surface area (Å²) in [5, 5.41) is 9.43. The predicted molar refractivity (Wildman–Crippen MR) is 81.1 cm³/mol. The molecule has 1 heterocycles. The number of carbonyl (C=O) groups excluding carboxylic acids is 2. The number of rotatable bonds is 6. The van der Waals surface area contributed by atoms with Gasteiger partial charge >= 0.3 is 0 Å². The topological polar surface area (TPSA) is 85.2 Å². The van der Waals surface area contributed by atoms with Crippen molar-refractivity contribution in [2.24, 2.45) is 0 Å². The molecule has 0 saturated heterocycles. The Morgan fingerprint density at radius 2 is 2.00 bits per heavy atom. The van der Waals surface area contributed by atoms with Gasteiger partial charge in [-0.25, -0.2) is 4.68 Å². The third-order valence-electron chi connectivity index (χ3n) is 3.05. The number of nitrogens with zero attached hydrogens (tertiary/aromatic N) is 2. The average molecular weight is 302 g/mol. The van der Waals surface area contributed by atoms with Crippen LogP contribution in [0.3, 0.4) is 0 Å². The summed E-state index contributed by atoms with van der Waals surface area (Å²) >= 11 is 0. The maximum Gasteiger partial charge on any atom is 0.270 e. The first kappa shape index (κ1) is 15.6. The van der Waals surface area contributed by atoms with Crippen molar-refractivity contribution in [1.82, 2.24) is 20.4 Å². The third-order valence-corrected chi connectivity index (χ3v) is 3.05. The van der Waals surface area contributed by atoms with Gasteiger partial charge in [-0.2, -0.15) is 0 Å². The number of carbonyl (C=O) groups is 2. The van der Waals surface area contributed by atoms with E-state index in [1.165, 1.54) is 11.8 Å². The maximum absolute atomic E-state index is 12.3. The molecule has 1 aromatic heterocycles. The quantitative estimate of drug-likeness (QED) is 0.824. The molecule has 0 bridgehead atoms. The molecule has 0 radical (unpaired) electrons. The lowest BCUT2D eigenvalue weighted by Gasteiger charge is -2.07. The first-order chi connectivity index (χ1) is 10.7. The van der Waals surface area contributed by atoms with Crippen molar-refractivity contribution in [3.63, 3.8) is 0 Å². The van der Waals surface area contributed by atoms with Gasteiger partial charge in [-0.3, -0.25) is 9.59 Å². The van der Waals surface area contributed by atoms with Gasteiger partial charge in [-0.15, -0.1) is 5.10 Å². The van der Waals surface area contributed by atoms with E-state index in [-0.39, 0.29) is 24.8 Å². The van der Waals surface area contributed by atoms with Gasteiger partial charge in [-0.05, 0) is 12.1 Å². The van der Waals surface area contributed by atoms with E-state index in [2.05, 4.69) is 15.7 Å².